The fraction of sp³-hybridized carbons (Fsp3) is 0.923. The molecule has 0 spiro atoms. The second-order valence-electron chi connectivity index (χ2n) is 5.45. The largest absolute Gasteiger partial charge is 0.391 e. The Morgan fingerprint density at radius 1 is 1.47 bits per heavy atom. The zero-order valence-electron chi connectivity index (χ0n) is 12.2. The van der Waals surface area contributed by atoms with Gasteiger partial charge >= 0.3 is 0 Å². The van der Waals surface area contributed by atoms with Gasteiger partial charge in [0.05, 0.1) is 18.2 Å². The number of aliphatic hydroxyl groups is 1. The predicted octanol–water partition coefficient (Wildman–Crippen LogP) is -0.816. The number of amides is 1. The van der Waals surface area contributed by atoms with E-state index in [1.165, 1.54) is 0 Å². The van der Waals surface area contributed by atoms with Gasteiger partial charge in [-0.05, 0) is 20.3 Å². The topological polar surface area (TPSA) is 73.8 Å². The van der Waals surface area contributed by atoms with Crippen LogP contribution in [0.2, 0.25) is 0 Å². The number of carbonyl (C=O) groups excluding carboxylic acids is 1. The Balaban J connectivity index is 2.34. The summed E-state index contributed by atoms with van der Waals surface area (Å²) < 4.78 is 4.85. The molecule has 1 aliphatic rings. The third-order valence-electron chi connectivity index (χ3n) is 3.59. The summed E-state index contributed by atoms with van der Waals surface area (Å²) in [6.45, 7) is 8.26. The normalized spacial score (nSPS) is 19.2. The minimum absolute atomic E-state index is 0.0130. The lowest BCUT2D eigenvalue weighted by molar-refractivity contribution is -0.132. The molecule has 19 heavy (non-hydrogen) atoms. The van der Waals surface area contributed by atoms with E-state index in [0.717, 1.165) is 26.2 Å². The van der Waals surface area contributed by atoms with Gasteiger partial charge in [-0.3, -0.25) is 9.69 Å². The van der Waals surface area contributed by atoms with E-state index in [2.05, 4.69) is 15.5 Å². The zero-order valence-corrected chi connectivity index (χ0v) is 12.2. The molecule has 1 aliphatic heterocycles. The molecule has 0 radical (unpaired) electrons. The summed E-state index contributed by atoms with van der Waals surface area (Å²) in [7, 11) is 1.55. The van der Waals surface area contributed by atoms with Crippen LogP contribution in [-0.2, 0) is 9.53 Å². The van der Waals surface area contributed by atoms with E-state index in [1.807, 2.05) is 13.8 Å². The number of piperazine rings is 1. The molecule has 1 unspecified atom stereocenters. The molecular weight excluding hydrogens is 246 g/mol. The number of carbonyl (C=O) groups is 1. The van der Waals surface area contributed by atoms with Gasteiger partial charge in [0.1, 0.15) is 0 Å². The summed E-state index contributed by atoms with van der Waals surface area (Å²) in [4.78, 5) is 14.4. The highest BCUT2D eigenvalue weighted by atomic mass is 16.5. The molecule has 0 aromatic heterocycles. The van der Waals surface area contributed by atoms with Crippen LogP contribution in [-0.4, -0.2) is 74.0 Å². The highest BCUT2D eigenvalue weighted by Crippen LogP contribution is 2.15. The summed E-state index contributed by atoms with van der Waals surface area (Å²) in [5, 5.41) is 15.7. The predicted molar refractivity (Wildman–Crippen MR) is 74.0 cm³/mol. The van der Waals surface area contributed by atoms with E-state index < -0.39 is 11.6 Å². The first-order valence-corrected chi connectivity index (χ1v) is 6.89. The first-order valence-electron chi connectivity index (χ1n) is 6.89. The summed E-state index contributed by atoms with van der Waals surface area (Å²) in [6, 6.07) is 0. The smallest absolute Gasteiger partial charge is 0.239 e. The van der Waals surface area contributed by atoms with Crippen LogP contribution in [0.3, 0.4) is 0 Å². The van der Waals surface area contributed by atoms with E-state index in [4.69, 9.17) is 4.74 Å². The van der Waals surface area contributed by atoms with Gasteiger partial charge < -0.3 is 20.5 Å². The van der Waals surface area contributed by atoms with Gasteiger partial charge in [0.25, 0.3) is 0 Å². The third-order valence-corrected chi connectivity index (χ3v) is 3.59. The van der Waals surface area contributed by atoms with Crippen LogP contribution in [0.15, 0.2) is 0 Å². The number of hydrogen-bond acceptors (Lipinski definition) is 5. The minimum atomic E-state index is -0.521. The molecule has 112 valence electrons. The van der Waals surface area contributed by atoms with E-state index in [1.54, 1.807) is 7.11 Å². The number of nitrogens with zero attached hydrogens (tertiary/aromatic N) is 1. The molecule has 1 saturated heterocycles. The average Bonchev–Trinajstić information content (AvgIpc) is 2.40. The Hall–Kier alpha value is -0.690. The van der Waals surface area contributed by atoms with Crippen molar-refractivity contribution in [2.75, 3.05) is 46.4 Å². The van der Waals surface area contributed by atoms with Crippen molar-refractivity contribution in [1.29, 1.82) is 0 Å². The number of hydrogen-bond donors (Lipinski definition) is 3. The van der Waals surface area contributed by atoms with Crippen LogP contribution in [0.5, 0.6) is 0 Å². The maximum absolute atomic E-state index is 12.2. The van der Waals surface area contributed by atoms with Crippen LogP contribution in [0, 0.1) is 0 Å². The van der Waals surface area contributed by atoms with Crippen molar-refractivity contribution in [2.45, 2.75) is 31.9 Å². The average molecular weight is 273 g/mol. The molecule has 0 aliphatic carbocycles. The standard InChI is InChI=1S/C13H27N3O3/c1-13(2,16-8-6-14-7-9-16)12(18)15-5-4-11(17)10-19-3/h11,14,17H,4-10H2,1-3H3,(H,15,18). The number of aliphatic hydroxyl groups excluding tert-OH is 1. The molecule has 0 aromatic carbocycles. The first-order chi connectivity index (χ1) is 8.98. The monoisotopic (exact) mass is 273 g/mol. The van der Waals surface area contributed by atoms with Crippen LogP contribution < -0.4 is 10.6 Å². The summed E-state index contributed by atoms with van der Waals surface area (Å²) in [5.41, 5.74) is -0.506. The Bertz CT molecular complexity index is 278. The number of nitrogens with one attached hydrogen (secondary N) is 2. The molecule has 6 nitrogen and oxygen atoms in total. The number of ether oxygens (including phenoxy) is 1. The van der Waals surface area contributed by atoms with Gasteiger partial charge in [0, 0.05) is 39.8 Å². The van der Waals surface area contributed by atoms with Gasteiger partial charge in [0.2, 0.25) is 5.91 Å². The molecular formula is C13H27N3O3. The maximum Gasteiger partial charge on any atom is 0.239 e. The minimum Gasteiger partial charge on any atom is -0.391 e. The molecule has 1 heterocycles. The van der Waals surface area contributed by atoms with Crippen molar-refractivity contribution >= 4 is 5.91 Å². The Morgan fingerprint density at radius 2 is 2.11 bits per heavy atom. The van der Waals surface area contributed by atoms with Gasteiger partial charge in [-0.25, -0.2) is 0 Å². The summed E-state index contributed by atoms with van der Waals surface area (Å²) in [6.07, 6.45) is -0.00962. The van der Waals surface area contributed by atoms with Crippen LogP contribution in [0.4, 0.5) is 0 Å². The lowest BCUT2D eigenvalue weighted by Crippen LogP contribution is -2.60. The second kappa shape index (κ2) is 7.79. The van der Waals surface area contributed by atoms with Crippen molar-refractivity contribution in [3.63, 3.8) is 0 Å². The number of methoxy groups -OCH3 is 1. The highest BCUT2D eigenvalue weighted by molar-refractivity contribution is 5.85. The third kappa shape index (κ3) is 5.06. The van der Waals surface area contributed by atoms with Crippen molar-refractivity contribution in [1.82, 2.24) is 15.5 Å². The zero-order chi connectivity index (χ0) is 14.3. The molecule has 6 heteroatoms. The number of rotatable bonds is 7. The first kappa shape index (κ1) is 16.4. The van der Waals surface area contributed by atoms with Gasteiger partial charge in [-0.2, -0.15) is 0 Å². The molecule has 1 rings (SSSR count). The quantitative estimate of drug-likeness (QED) is 0.565. The van der Waals surface area contributed by atoms with Crippen molar-refractivity contribution in [2.24, 2.45) is 0 Å². The SMILES string of the molecule is COCC(O)CCNC(=O)C(C)(C)N1CCNCC1. The Kier molecular flexibility index (Phi) is 6.71. The van der Waals surface area contributed by atoms with E-state index >= 15 is 0 Å². The van der Waals surface area contributed by atoms with Crippen molar-refractivity contribution in [3.05, 3.63) is 0 Å². The molecule has 0 bridgehead atoms. The fourth-order valence-corrected chi connectivity index (χ4v) is 2.21. The summed E-state index contributed by atoms with van der Waals surface area (Å²) >= 11 is 0. The van der Waals surface area contributed by atoms with Crippen LogP contribution >= 0.6 is 0 Å². The second-order valence-corrected chi connectivity index (χ2v) is 5.45. The van der Waals surface area contributed by atoms with Crippen LogP contribution in [0.25, 0.3) is 0 Å². The van der Waals surface area contributed by atoms with Gasteiger partial charge in [0.15, 0.2) is 0 Å². The van der Waals surface area contributed by atoms with E-state index in [0.29, 0.717) is 19.6 Å². The molecule has 3 N–H and O–H groups in total. The highest BCUT2D eigenvalue weighted by Gasteiger charge is 2.34. The molecule has 0 saturated carbocycles. The summed E-state index contributed by atoms with van der Waals surface area (Å²) in [5.74, 6) is 0.0130. The van der Waals surface area contributed by atoms with Crippen molar-refractivity contribution < 1.29 is 14.6 Å². The molecule has 0 aromatic rings. The molecule has 1 amide bonds. The van der Waals surface area contributed by atoms with Gasteiger partial charge in [-0.1, -0.05) is 0 Å². The van der Waals surface area contributed by atoms with Crippen molar-refractivity contribution in [3.8, 4) is 0 Å². The lowest BCUT2D eigenvalue weighted by Gasteiger charge is -2.39. The fourth-order valence-electron chi connectivity index (χ4n) is 2.21. The van der Waals surface area contributed by atoms with E-state index in [-0.39, 0.29) is 5.91 Å². The maximum atomic E-state index is 12.2. The lowest BCUT2D eigenvalue weighted by atomic mass is 10.0. The van der Waals surface area contributed by atoms with Crippen LogP contribution in [0.1, 0.15) is 20.3 Å². The Labute approximate surface area is 115 Å². The Morgan fingerprint density at radius 3 is 2.68 bits per heavy atom. The molecule has 1 atom stereocenters. The van der Waals surface area contributed by atoms with E-state index in [9.17, 15) is 9.90 Å². The molecule has 1 fully saturated rings. The van der Waals surface area contributed by atoms with Gasteiger partial charge in [-0.15, -0.1) is 0 Å².